The van der Waals surface area contributed by atoms with E-state index in [1.165, 1.54) is 27.6 Å². The average Bonchev–Trinajstić information content (AvgIpc) is 3.05. The molecule has 1 aromatic carbocycles. The van der Waals surface area contributed by atoms with Crippen molar-refractivity contribution in [2.45, 2.75) is 19.9 Å². The molecule has 2 nitrogen and oxygen atoms in total. The summed E-state index contributed by atoms with van der Waals surface area (Å²) in [5.41, 5.74) is 5.38. The third-order valence-electron chi connectivity index (χ3n) is 3.48. The van der Waals surface area contributed by atoms with E-state index in [0.29, 0.717) is 0 Å². The molecule has 0 saturated heterocycles. The summed E-state index contributed by atoms with van der Waals surface area (Å²) >= 11 is 1.75. The smallest absolute Gasteiger partial charge is 0.0459 e. The molecule has 2 heterocycles. The Morgan fingerprint density at radius 1 is 1.26 bits per heavy atom. The number of aryl methyl sites for hydroxylation is 1. The SMILES string of the molecule is Cc1cccc2[nH]cc(CCNCc3ccsc3)c12. The van der Waals surface area contributed by atoms with Crippen LogP contribution in [0.25, 0.3) is 10.9 Å². The van der Waals surface area contributed by atoms with Crippen molar-refractivity contribution in [2.75, 3.05) is 6.54 Å². The summed E-state index contributed by atoms with van der Waals surface area (Å²) in [6.45, 7) is 4.15. The van der Waals surface area contributed by atoms with Crippen LogP contribution in [0.4, 0.5) is 0 Å². The van der Waals surface area contributed by atoms with Crippen LogP contribution < -0.4 is 5.32 Å². The van der Waals surface area contributed by atoms with E-state index < -0.39 is 0 Å². The molecule has 0 amide bonds. The lowest BCUT2D eigenvalue weighted by Gasteiger charge is -2.04. The molecular formula is C16H18N2S. The van der Waals surface area contributed by atoms with Gasteiger partial charge in [0, 0.05) is 23.6 Å². The normalized spacial score (nSPS) is 11.2. The van der Waals surface area contributed by atoms with E-state index in [2.05, 4.69) is 58.4 Å². The first-order valence-electron chi connectivity index (χ1n) is 6.62. The first kappa shape index (κ1) is 12.5. The summed E-state index contributed by atoms with van der Waals surface area (Å²) in [6, 6.07) is 8.60. The van der Waals surface area contributed by atoms with Crippen molar-refractivity contribution in [2.24, 2.45) is 0 Å². The topological polar surface area (TPSA) is 27.8 Å². The number of aromatic nitrogens is 1. The highest BCUT2D eigenvalue weighted by Gasteiger charge is 2.05. The second-order valence-electron chi connectivity index (χ2n) is 4.87. The summed E-state index contributed by atoms with van der Waals surface area (Å²) in [6.07, 6.45) is 3.21. The standard InChI is InChI=1S/C16H18N2S/c1-12-3-2-4-15-16(12)14(10-18-15)5-7-17-9-13-6-8-19-11-13/h2-4,6,8,10-11,17-18H,5,7,9H2,1H3. The molecule has 2 N–H and O–H groups in total. The summed E-state index contributed by atoms with van der Waals surface area (Å²) in [4.78, 5) is 3.36. The molecule has 0 fully saturated rings. The van der Waals surface area contributed by atoms with Gasteiger partial charge in [-0.1, -0.05) is 12.1 Å². The molecule has 0 bridgehead atoms. The Kier molecular flexibility index (Phi) is 3.67. The molecule has 0 aliphatic rings. The summed E-state index contributed by atoms with van der Waals surface area (Å²) < 4.78 is 0. The van der Waals surface area contributed by atoms with Crippen LogP contribution in [0.3, 0.4) is 0 Å². The largest absolute Gasteiger partial charge is 0.361 e. The van der Waals surface area contributed by atoms with Crippen LogP contribution in [0, 0.1) is 6.92 Å². The maximum Gasteiger partial charge on any atom is 0.0459 e. The Labute approximate surface area is 117 Å². The molecular weight excluding hydrogens is 252 g/mol. The molecule has 0 saturated carbocycles. The fourth-order valence-corrected chi connectivity index (χ4v) is 3.17. The van der Waals surface area contributed by atoms with Crippen LogP contribution in [-0.4, -0.2) is 11.5 Å². The van der Waals surface area contributed by atoms with Crippen molar-refractivity contribution >= 4 is 22.2 Å². The molecule has 0 spiro atoms. The van der Waals surface area contributed by atoms with E-state index in [0.717, 1.165) is 19.5 Å². The Morgan fingerprint density at radius 3 is 3.05 bits per heavy atom. The second kappa shape index (κ2) is 5.59. The Balaban J connectivity index is 1.62. The van der Waals surface area contributed by atoms with Crippen molar-refractivity contribution in [1.82, 2.24) is 10.3 Å². The van der Waals surface area contributed by atoms with E-state index >= 15 is 0 Å². The minimum Gasteiger partial charge on any atom is -0.361 e. The van der Waals surface area contributed by atoms with Gasteiger partial charge in [0.2, 0.25) is 0 Å². The van der Waals surface area contributed by atoms with Gasteiger partial charge in [0.05, 0.1) is 0 Å². The van der Waals surface area contributed by atoms with Crippen molar-refractivity contribution in [3.63, 3.8) is 0 Å². The highest BCUT2D eigenvalue weighted by molar-refractivity contribution is 7.07. The van der Waals surface area contributed by atoms with Gasteiger partial charge in [0.25, 0.3) is 0 Å². The predicted octanol–water partition coefficient (Wildman–Crippen LogP) is 3.87. The van der Waals surface area contributed by atoms with E-state index in [9.17, 15) is 0 Å². The van der Waals surface area contributed by atoms with Gasteiger partial charge in [-0.3, -0.25) is 0 Å². The number of thiophene rings is 1. The number of hydrogen-bond donors (Lipinski definition) is 2. The highest BCUT2D eigenvalue weighted by Crippen LogP contribution is 2.22. The quantitative estimate of drug-likeness (QED) is 0.677. The zero-order valence-corrected chi connectivity index (χ0v) is 11.9. The first-order valence-corrected chi connectivity index (χ1v) is 7.56. The molecule has 0 aliphatic heterocycles. The minimum atomic E-state index is 0.963. The third-order valence-corrected chi connectivity index (χ3v) is 4.21. The molecule has 19 heavy (non-hydrogen) atoms. The first-order chi connectivity index (χ1) is 9.34. The van der Waals surface area contributed by atoms with Crippen LogP contribution in [0.5, 0.6) is 0 Å². The number of aromatic amines is 1. The van der Waals surface area contributed by atoms with E-state index in [-0.39, 0.29) is 0 Å². The zero-order valence-electron chi connectivity index (χ0n) is 11.1. The van der Waals surface area contributed by atoms with E-state index in [1.807, 2.05) is 0 Å². The predicted molar refractivity (Wildman–Crippen MR) is 82.8 cm³/mol. The van der Waals surface area contributed by atoms with Crippen LogP contribution in [0.2, 0.25) is 0 Å². The number of rotatable bonds is 5. The van der Waals surface area contributed by atoms with Gasteiger partial charge in [0.15, 0.2) is 0 Å². The molecule has 3 aromatic rings. The lowest BCUT2D eigenvalue weighted by molar-refractivity contribution is 0.690. The minimum absolute atomic E-state index is 0.963. The Hall–Kier alpha value is -1.58. The summed E-state index contributed by atoms with van der Waals surface area (Å²) in [7, 11) is 0. The van der Waals surface area contributed by atoms with E-state index in [1.54, 1.807) is 11.3 Å². The molecule has 0 unspecified atom stereocenters. The lowest BCUT2D eigenvalue weighted by Crippen LogP contribution is -2.16. The summed E-state index contributed by atoms with van der Waals surface area (Å²) in [5, 5.41) is 9.21. The van der Waals surface area contributed by atoms with Gasteiger partial charge in [-0.25, -0.2) is 0 Å². The second-order valence-corrected chi connectivity index (χ2v) is 5.65. The maximum atomic E-state index is 3.50. The van der Waals surface area contributed by atoms with Gasteiger partial charge in [-0.15, -0.1) is 0 Å². The number of nitrogens with one attached hydrogen (secondary N) is 2. The van der Waals surface area contributed by atoms with Crippen molar-refractivity contribution in [3.05, 3.63) is 57.9 Å². The van der Waals surface area contributed by atoms with Gasteiger partial charge >= 0.3 is 0 Å². The fraction of sp³-hybridized carbons (Fsp3) is 0.250. The Morgan fingerprint density at radius 2 is 2.21 bits per heavy atom. The van der Waals surface area contributed by atoms with Gasteiger partial charge in [-0.05, 0) is 59.5 Å². The van der Waals surface area contributed by atoms with Crippen LogP contribution >= 0.6 is 11.3 Å². The van der Waals surface area contributed by atoms with Crippen molar-refractivity contribution in [3.8, 4) is 0 Å². The van der Waals surface area contributed by atoms with Crippen LogP contribution in [-0.2, 0) is 13.0 Å². The fourth-order valence-electron chi connectivity index (χ4n) is 2.50. The third kappa shape index (κ3) is 2.72. The van der Waals surface area contributed by atoms with Crippen molar-refractivity contribution in [1.29, 1.82) is 0 Å². The number of H-pyrrole nitrogens is 1. The number of hydrogen-bond acceptors (Lipinski definition) is 2. The number of fused-ring (bicyclic) bond motifs is 1. The monoisotopic (exact) mass is 270 g/mol. The highest BCUT2D eigenvalue weighted by atomic mass is 32.1. The summed E-state index contributed by atoms with van der Waals surface area (Å²) in [5.74, 6) is 0. The van der Waals surface area contributed by atoms with Crippen molar-refractivity contribution < 1.29 is 0 Å². The van der Waals surface area contributed by atoms with Crippen LogP contribution in [0.15, 0.2) is 41.2 Å². The molecule has 3 rings (SSSR count). The molecule has 0 aliphatic carbocycles. The van der Waals surface area contributed by atoms with Gasteiger partial charge in [-0.2, -0.15) is 11.3 Å². The molecule has 0 atom stereocenters. The molecule has 2 aromatic heterocycles. The molecule has 3 heteroatoms. The van der Waals surface area contributed by atoms with Gasteiger partial charge < -0.3 is 10.3 Å². The van der Waals surface area contributed by atoms with Gasteiger partial charge in [0.1, 0.15) is 0 Å². The maximum absolute atomic E-state index is 3.50. The van der Waals surface area contributed by atoms with Crippen LogP contribution in [0.1, 0.15) is 16.7 Å². The average molecular weight is 270 g/mol. The lowest BCUT2D eigenvalue weighted by atomic mass is 10.1. The van der Waals surface area contributed by atoms with E-state index in [4.69, 9.17) is 0 Å². The molecule has 0 radical (unpaired) electrons. The zero-order chi connectivity index (χ0) is 13.1. The molecule has 98 valence electrons. The Bertz CT molecular complexity index is 653. The number of benzene rings is 1.